The van der Waals surface area contributed by atoms with E-state index in [1.807, 2.05) is 0 Å². The predicted octanol–water partition coefficient (Wildman–Crippen LogP) is 3.93. The van der Waals surface area contributed by atoms with Crippen molar-refractivity contribution in [1.29, 1.82) is 0 Å². The van der Waals surface area contributed by atoms with Gasteiger partial charge in [-0.1, -0.05) is 51.7 Å². The Morgan fingerprint density at radius 1 is 1.08 bits per heavy atom. The number of aliphatic carboxylic acids is 1. The first kappa shape index (κ1) is 19.7. The molecule has 0 spiro atoms. The lowest BCUT2D eigenvalue weighted by Crippen LogP contribution is -2.26. The molecule has 1 aromatic carbocycles. The molecule has 5 nitrogen and oxygen atoms in total. The number of benzene rings is 1. The quantitative estimate of drug-likeness (QED) is 0.447. The van der Waals surface area contributed by atoms with Crippen molar-refractivity contribution in [2.45, 2.75) is 52.4 Å². The van der Waals surface area contributed by atoms with Crippen LogP contribution in [0.15, 0.2) is 30.0 Å². The van der Waals surface area contributed by atoms with Gasteiger partial charge in [0.05, 0.1) is 0 Å². The van der Waals surface area contributed by atoms with Crippen LogP contribution in [0.3, 0.4) is 0 Å². The molecular formula is C19H27NO4. The minimum atomic E-state index is -1.19. The Kier molecular flexibility index (Phi) is 8.61. The number of hydrogen-bond acceptors (Lipinski definition) is 3. The minimum absolute atomic E-state index is 0.102. The zero-order chi connectivity index (χ0) is 17.9. The van der Waals surface area contributed by atoms with Gasteiger partial charge in [-0.25, -0.2) is 4.79 Å². The van der Waals surface area contributed by atoms with E-state index in [2.05, 4.69) is 19.2 Å². The van der Waals surface area contributed by atoms with E-state index in [0.717, 1.165) is 19.3 Å². The molecule has 0 aromatic heterocycles. The summed E-state index contributed by atoms with van der Waals surface area (Å²) < 4.78 is 0. The molecule has 0 saturated heterocycles. The number of phenolic OH excluding ortho intramolecular Hbond substituents is 1. The van der Waals surface area contributed by atoms with Crippen molar-refractivity contribution in [3.8, 4) is 5.75 Å². The number of unbranched alkanes of at least 4 members (excludes halogenated alkanes) is 3. The highest BCUT2D eigenvalue weighted by molar-refractivity contribution is 5.96. The van der Waals surface area contributed by atoms with Crippen LogP contribution in [-0.4, -0.2) is 22.1 Å². The number of carbonyl (C=O) groups is 2. The third-order valence-corrected chi connectivity index (χ3v) is 3.64. The standard InChI is InChI=1S/C19H27NO4/c1-14(2)7-5-3-4-6-8-18(22)20-17(19(23)24)13-15-9-11-16(21)12-10-15/h9-14,21H,3-8H2,1-2H3,(H,20,22)(H,23,24). The zero-order valence-electron chi connectivity index (χ0n) is 14.4. The summed E-state index contributed by atoms with van der Waals surface area (Å²) in [6.45, 7) is 4.39. The highest BCUT2D eigenvalue weighted by Crippen LogP contribution is 2.13. The van der Waals surface area contributed by atoms with E-state index in [4.69, 9.17) is 0 Å². The van der Waals surface area contributed by atoms with Crippen LogP contribution in [0.25, 0.3) is 6.08 Å². The normalized spacial score (nSPS) is 11.5. The summed E-state index contributed by atoms with van der Waals surface area (Å²) in [5, 5.41) is 20.9. The molecule has 24 heavy (non-hydrogen) atoms. The Morgan fingerprint density at radius 2 is 1.71 bits per heavy atom. The van der Waals surface area contributed by atoms with Crippen LogP contribution in [0.2, 0.25) is 0 Å². The van der Waals surface area contributed by atoms with Gasteiger partial charge in [0.1, 0.15) is 11.4 Å². The zero-order valence-corrected chi connectivity index (χ0v) is 14.4. The number of carboxylic acids is 1. The average molecular weight is 333 g/mol. The highest BCUT2D eigenvalue weighted by atomic mass is 16.4. The number of carboxylic acid groups (broad SMARTS) is 1. The van der Waals surface area contributed by atoms with Gasteiger partial charge in [-0.05, 0) is 36.1 Å². The molecular weight excluding hydrogens is 306 g/mol. The molecule has 132 valence electrons. The molecule has 3 N–H and O–H groups in total. The fourth-order valence-corrected chi connectivity index (χ4v) is 2.29. The molecule has 0 fully saturated rings. The third-order valence-electron chi connectivity index (χ3n) is 3.64. The molecule has 0 aliphatic carbocycles. The summed E-state index contributed by atoms with van der Waals surface area (Å²) in [4.78, 5) is 23.1. The van der Waals surface area contributed by atoms with E-state index in [1.54, 1.807) is 12.1 Å². The van der Waals surface area contributed by atoms with Gasteiger partial charge in [0.15, 0.2) is 0 Å². The van der Waals surface area contributed by atoms with Crippen LogP contribution in [0.1, 0.15) is 57.9 Å². The fourth-order valence-electron chi connectivity index (χ4n) is 2.29. The van der Waals surface area contributed by atoms with E-state index in [9.17, 15) is 19.8 Å². The van der Waals surface area contributed by atoms with Crippen molar-refractivity contribution in [2.24, 2.45) is 5.92 Å². The Bertz CT molecular complexity index is 561. The number of hydrogen-bond donors (Lipinski definition) is 3. The van der Waals surface area contributed by atoms with Crippen LogP contribution in [0.4, 0.5) is 0 Å². The summed E-state index contributed by atoms with van der Waals surface area (Å²) in [6, 6.07) is 6.09. The molecule has 0 unspecified atom stereocenters. The lowest BCUT2D eigenvalue weighted by atomic mass is 10.0. The van der Waals surface area contributed by atoms with Gasteiger partial charge < -0.3 is 15.5 Å². The molecule has 5 heteroatoms. The average Bonchev–Trinajstić information content (AvgIpc) is 2.51. The van der Waals surface area contributed by atoms with Crippen molar-refractivity contribution in [3.63, 3.8) is 0 Å². The van der Waals surface area contributed by atoms with Gasteiger partial charge in [0.2, 0.25) is 5.91 Å². The van der Waals surface area contributed by atoms with Crippen LogP contribution in [-0.2, 0) is 9.59 Å². The smallest absolute Gasteiger partial charge is 0.352 e. The molecule has 0 heterocycles. The molecule has 0 atom stereocenters. The van der Waals surface area contributed by atoms with Gasteiger partial charge in [0.25, 0.3) is 0 Å². The second-order valence-electron chi connectivity index (χ2n) is 6.35. The van der Waals surface area contributed by atoms with E-state index >= 15 is 0 Å². The molecule has 0 aliphatic heterocycles. The van der Waals surface area contributed by atoms with E-state index in [0.29, 0.717) is 17.9 Å². The molecule has 1 rings (SSSR count). The van der Waals surface area contributed by atoms with Crippen LogP contribution in [0.5, 0.6) is 5.75 Å². The van der Waals surface area contributed by atoms with Crippen LogP contribution >= 0.6 is 0 Å². The molecule has 0 bridgehead atoms. The lowest BCUT2D eigenvalue weighted by Gasteiger charge is -2.07. The summed E-state index contributed by atoms with van der Waals surface area (Å²) in [7, 11) is 0. The van der Waals surface area contributed by atoms with E-state index in [1.165, 1.54) is 31.1 Å². The number of aromatic hydroxyl groups is 1. The number of rotatable bonds is 10. The van der Waals surface area contributed by atoms with E-state index < -0.39 is 5.97 Å². The molecule has 1 aromatic rings. The van der Waals surface area contributed by atoms with Gasteiger partial charge in [-0.15, -0.1) is 0 Å². The third kappa shape index (κ3) is 8.36. The second kappa shape index (κ2) is 10.5. The van der Waals surface area contributed by atoms with E-state index in [-0.39, 0.29) is 17.4 Å². The SMILES string of the molecule is CC(C)CCCCCCC(=O)NC(=Cc1ccc(O)cc1)C(=O)O. The maximum Gasteiger partial charge on any atom is 0.352 e. The first-order chi connectivity index (χ1) is 11.4. The van der Waals surface area contributed by atoms with Crippen LogP contribution in [0, 0.1) is 5.92 Å². The van der Waals surface area contributed by atoms with Crippen molar-refractivity contribution in [2.75, 3.05) is 0 Å². The van der Waals surface area contributed by atoms with Crippen molar-refractivity contribution < 1.29 is 19.8 Å². The van der Waals surface area contributed by atoms with Crippen molar-refractivity contribution in [3.05, 3.63) is 35.5 Å². The lowest BCUT2D eigenvalue weighted by molar-refractivity contribution is -0.134. The Balaban J connectivity index is 2.43. The molecule has 0 saturated carbocycles. The number of phenols is 1. The summed E-state index contributed by atoms with van der Waals surface area (Å²) in [5.74, 6) is -0.665. The predicted molar refractivity (Wildman–Crippen MR) is 94.4 cm³/mol. The Morgan fingerprint density at radius 3 is 2.29 bits per heavy atom. The van der Waals surface area contributed by atoms with Gasteiger partial charge >= 0.3 is 5.97 Å². The first-order valence-electron chi connectivity index (χ1n) is 8.42. The maximum atomic E-state index is 11.9. The summed E-state index contributed by atoms with van der Waals surface area (Å²) in [6.07, 6.45) is 6.90. The Labute approximate surface area is 143 Å². The van der Waals surface area contributed by atoms with Gasteiger partial charge in [0, 0.05) is 6.42 Å². The molecule has 0 aliphatic rings. The first-order valence-corrected chi connectivity index (χ1v) is 8.42. The topological polar surface area (TPSA) is 86.6 Å². The van der Waals surface area contributed by atoms with Crippen LogP contribution < -0.4 is 5.32 Å². The number of amides is 1. The monoisotopic (exact) mass is 333 g/mol. The number of nitrogens with one attached hydrogen (secondary N) is 1. The fraction of sp³-hybridized carbons (Fsp3) is 0.474. The van der Waals surface area contributed by atoms with Crippen molar-refractivity contribution in [1.82, 2.24) is 5.32 Å². The number of carbonyl (C=O) groups excluding carboxylic acids is 1. The van der Waals surface area contributed by atoms with Crippen molar-refractivity contribution >= 4 is 18.0 Å². The van der Waals surface area contributed by atoms with Gasteiger partial charge in [-0.2, -0.15) is 0 Å². The highest BCUT2D eigenvalue weighted by Gasteiger charge is 2.11. The minimum Gasteiger partial charge on any atom is -0.508 e. The largest absolute Gasteiger partial charge is 0.508 e. The molecule has 0 radical (unpaired) electrons. The van der Waals surface area contributed by atoms with Gasteiger partial charge in [-0.3, -0.25) is 4.79 Å². The summed E-state index contributed by atoms with van der Waals surface area (Å²) >= 11 is 0. The molecule has 1 amide bonds. The Hall–Kier alpha value is -2.30. The summed E-state index contributed by atoms with van der Waals surface area (Å²) in [5.41, 5.74) is 0.435. The second-order valence-corrected chi connectivity index (χ2v) is 6.35. The maximum absolute atomic E-state index is 11.9.